The Bertz CT molecular complexity index is 999. The lowest BCUT2D eigenvalue weighted by atomic mass is 10.1. The number of amides is 2. The topological polar surface area (TPSA) is 127 Å². The molecule has 2 heterocycles. The third-order valence-corrected chi connectivity index (χ3v) is 5.89. The minimum atomic E-state index is -3.99. The average Bonchev–Trinajstić information content (AvgIpc) is 2.95. The summed E-state index contributed by atoms with van der Waals surface area (Å²) in [7, 11) is -2.25. The molecule has 1 fully saturated rings. The van der Waals surface area contributed by atoms with Crippen molar-refractivity contribution >= 4 is 27.7 Å². The maximum atomic E-state index is 12.9. The molecule has 0 spiro atoms. The molecule has 2 amide bonds. The lowest BCUT2D eigenvalue weighted by Gasteiger charge is -2.32. The van der Waals surface area contributed by atoms with E-state index in [4.69, 9.17) is 5.73 Å². The summed E-state index contributed by atoms with van der Waals surface area (Å²) in [6, 6.07) is 6.30. The minimum Gasteiger partial charge on any atom is -0.366 e. The van der Waals surface area contributed by atoms with Crippen molar-refractivity contribution in [1.29, 1.82) is 0 Å². The third kappa shape index (κ3) is 3.86. The SMILES string of the molecule is Cc1cc(N2CCCC(NS(=O)(=O)c3cccc(C(N)=O)c3)C2=O)n(C)n1. The Morgan fingerprint density at radius 1 is 1.33 bits per heavy atom. The van der Waals surface area contributed by atoms with Gasteiger partial charge in [0.25, 0.3) is 0 Å². The Morgan fingerprint density at radius 2 is 2.07 bits per heavy atom. The van der Waals surface area contributed by atoms with Crippen LogP contribution in [0.1, 0.15) is 28.9 Å². The molecule has 3 N–H and O–H groups in total. The van der Waals surface area contributed by atoms with Crippen LogP contribution in [0.2, 0.25) is 0 Å². The van der Waals surface area contributed by atoms with E-state index in [2.05, 4.69) is 9.82 Å². The van der Waals surface area contributed by atoms with Gasteiger partial charge < -0.3 is 5.73 Å². The van der Waals surface area contributed by atoms with Crippen LogP contribution in [0.5, 0.6) is 0 Å². The first-order valence-electron chi connectivity index (χ1n) is 8.43. The van der Waals surface area contributed by atoms with E-state index in [-0.39, 0.29) is 16.4 Å². The normalized spacial score (nSPS) is 17.9. The molecule has 1 saturated heterocycles. The van der Waals surface area contributed by atoms with Crippen LogP contribution in [0.25, 0.3) is 0 Å². The molecule has 2 aromatic rings. The number of rotatable bonds is 5. The zero-order chi connectivity index (χ0) is 19.8. The fourth-order valence-corrected chi connectivity index (χ4v) is 4.40. The largest absolute Gasteiger partial charge is 0.366 e. The van der Waals surface area contributed by atoms with Crippen LogP contribution in [0.3, 0.4) is 0 Å². The molecule has 10 heteroatoms. The number of piperidine rings is 1. The van der Waals surface area contributed by atoms with Gasteiger partial charge in [-0.2, -0.15) is 9.82 Å². The van der Waals surface area contributed by atoms with E-state index in [1.807, 2.05) is 6.92 Å². The van der Waals surface area contributed by atoms with Crippen molar-refractivity contribution in [2.45, 2.75) is 30.7 Å². The van der Waals surface area contributed by atoms with Crippen LogP contribution in [0.4, 0.5) is 5.82 Å². The molecule has 0 radical (unpaired) electrons. The number of benzene rings is 1. The van der Waals surface area contributed by atoms with E-state index < -0.39 is 22.0 Å². The number of carbonyl (C=O) groups is 2. The molecule has 1 aromatic carbocycles. The first kappa shape index (κ1) is 19.1. The molecule has 0 saturated carbocycles. The van der Waals surface area contributed by atoms with Gasteiger partial charge in [0.2, 0.25) is 21.8 Å². The van der Waals surface area contributed by atoms with Gasteiger partial charge in [-0.1, -0.05) is 6.07 Å². The highest BCUT2D eigenvalue weighted by atomic mass is 32.2. The highest BCUT2D eigenvalue weighted by Gasteiger charge is 2.34. The van der Waals surface area contributed by atoms with E-state index >= 15 is 0 Å². The lowest BCUT2D eigenvalue weighted by molar-refractivity contribution is -0.121. The molecule has 1 aliphatic heterocycles. The number of primary amides is 1. The summed E-state index contributed by atoms with van der Waals surface area (Å²) in [5.41, 5.74) is 6.06. The molecule has 0 bridgehead atoms. The quantitative estimate of drug-likeness (QED) is 0.758. The van der Waals surface area contributed by atoms with Gasteiger partial charge in [-0.15, -0.1) is 0 Å². The number of nitrogens with one attached hydrogen (secondary N) is 1. The van der Waals surface area contributed by atoms with Gasteiger partial charge in [-0.05, 0) is 38.0 Å². The van der Waals surface area contributed by atoms with Crippen molar-refractivity contribution in [3.05, 3.63) is 41.6 Å². The van der Waals surface area contributed by atoms with E-state index in [1.54, 1.807) is 17.8 Å². The van der Waals surface area contributed by atoms with Gasteiger partial charge >= 0.3 is 0 Å². The van der Waals surface area contributed by atoms with E-state index in [9.17, 15) is 18.0 Å². The third-order valence-electron chi connectivity index (χ3n) is 4.42. The predicted molar refractivity (Wildman–Crippen MR) is 98.6 cm³/mol. The van der Waals surface area contributed by atoms with Crippen molar-refractivity contribution in [2.75, 3.05) is 11.4 Å². The molecule has 9 nitrogen and oxygen atoms in total. The fraction of sp³-hybridized carbons (Fsp3) is 0.353. The minimum absolute atomic E-state index is 0.0832. The number of anilines is 1. The maximum absolute atomic E-state index is 12.9. The number of nitrogens with zero attached hydrogens (tertiary/aromatic N) is 3. The molecule has 144 valence electrons. The summed E-state index contributed by atoms with van der Waals surface area (Å²) in [6.45, 7) is 2.32. The summed E-state index contributed by atoms with van der Waals surface area (Å²) >= 11 is 0. The van der Waals surface area contributed by atoms with Gasteiger partial charge in [-0.3, -0.25) is 19.2 Å². The van der Waals surface area contributed by atoms with Gasteiger partial charge in [0.05, 0.1) is 10.6 Å². The maximum Gasteiger partial charge on any atom is 0.248 e. The number of hydrogen-bond acceptors (Lipinski definition) is 5. The number of carbonyl (C=O) groups excluding carboxylic acids is 2. The smallest absolute Gasteiger partial charge is 0.248 e. The molecule has 27 heavy (non-hydrogen) atoms. The van der Waals surface area contributed by atoms with Crippen molar-refractivity contribution in [3.8, 4) is 0 Å². The van der Waals surface area contributed by atoms with E-state index in [1.165, 1.54) is 29.2 Å². The van der Waals surface area contributed by atoms with E-state index in [0.29, 0.717) is 25.2 Å². The van der Waals surface area contributed by atoms with Gasteiger partial charge in [-0.25, -0.2) is 8.42 Å². The number of aromatic nitrogens is 2. The van der Waals surface area contributed by atoms with Gasteiger partial charge in [0.1, 0.15) is 11.9 Å². The van der Waals surface area contributed by atoms with Crippen LogP contribution >= 0.6 is 0 Å². The second-order valence-corrected chi connectivity index (χ2v) is 8.18. The Morgan fingerprint density at radius 3 is 2.70 bits per heavy atom. The number of hydrogen-bond donors (Lipinski definition) is 2. The lowest BCUT2D eigenvalue weighted by Crippen LogP contribution is -2.52. The Kier molecular flexibility index (Phi) is 5.03. The zero-order valence-corrected chi connectivity index (χ0v) is 15.9. The van der Waals surface area contributed by atoms with Gasteiger partial charge in [0.15, 0.2) is 0 Å². The van der Waals surface area contributed by atoms with Crippen LogP contribution in [0.15, 0.2) is 35.2 Å². The second-order valence-electron chi connectivity index (χ2n) is 6.47. The summed E-state index contributed by atoms with van der Waals surface area (Å²) < 4.78 is 29.4. The Balaban J connectivity index is 1.84. The van der Waals surface area contributed by atoms with E-state index in [0.717, 1.165) is 5.69 Å². The van der Waals surface area contributed by atoms with Crippen molar-refractivity contribution in [2.24, 2.45) is 12.8 Å². The number of sulfonamides is 1. The number of aryl methyl sites for hydroxylation is 2. The predicted octanol–water partition coefficient (Wildman–Crippen LogP) is 0.301. The van der Waals surface area contributed by atoms with Crippen LogP contribution in [0, 0.1) is 6.92 Å². The molecule has 1 atom stereocenters. The number of nitrogens with two attached hydrogens (primary N) is 1. The van der Waals surface area contributed by atoms with Crippen molar-refractivity contribution in [1.82, 2.24) is 14.5 Å². The van der Waals surface area contributed by atoms with Crippen LogP contribution in [-0.4, -0.2) is 42.6 Å². The highest BCUT2D eigenvalue weighted by molar-refractivity contribution is 7.89. The van der Waals surface area contributed by atoms with Gasteiger partial charge in [0, 0.05) is 25.2 Å². The Hall–Kier alpha value is -2.72. The second kappa shape index (κ2) is 7.12. The van der Waals surface area contributed by atoms with Crippen LogP contribution < -0.4 is 15.4 Å². The molecule has 1 aromatic heterocycles. The average molecular weight is 391 g/mol. The zero-order valence-electron chi connectivity index (χ0n) is 15.0. The molecule has 3 rings (SSSR count). The molecule has 0 aliphatic carbocycles. The summed E-state index contributed by atoms with van der Waals surface area (Å²) in [4.78, 5) is 25.6. The molecule has 1 aliphatic rings. The molecular formula is C17H21N5O4S. The summed E-state index contributed by atoms with van der Waals surface area (Å²) in [6.07, 6.45) is 1.03. The van der Waals surface area contributed by atoms with Crippen molar-refractivity contribution in [3.63, 3.8) is 0 Å². The molecular weight excluding hydrogens is 370 g/mol. The fourth-order valence-electron chi connectivity index (χ4n) is 3.13. The van der Waals surface area contributed by atoms with Crippen molar-refractivity contribution < 1.29 is 18.0 Å². The summed E-state index contributed by atoms with van der Waals surface area (Å²) in [5.74, 6) is -0.436. The Labute approximate surface area is 157 Å². The summed E-state index contributed by atoms with van der Waals surface area (Å²) in [5, 5.41) is 4.23. The first-order chi connectivity index (χ1) is 12.7. The monoisotopic (exact) mass is 391 g/mol. The molecule has 1 unspecified atom stereocenters. The standard InChI is InChI=1S/C17H21N5O4S/c1-11-9-15(21(2)19-11)22-8-4-7-14(17(22)24)20-27(25,26)13-6-3-5-12(10-13)16(18)23/h3,5-6,9-10,14,20H,4,7-8H2,1-2H3,(H2,18,23). The van der Waals surface area contributed by atoms with Crippen LogP contribution in [-0.2, 0) is 21.9 Å². The first-order valence-corrected chi connectivity index (χ1v) is 9.91. The highest BCUT2D eigenvalue weighted by Crippen LogP contribution is 2.23.